The summed E-state index contributed by atoms with van der Waals surface area (Å²) in [6.07, 6.45) is 1.43. The van der Waals surface area contributed by atoms with Gasteiger partial charge in [-0.25, -0.2) is 9.78 Å². The van der Waals surface area contributed by atoms with E-state index in [0.717, 1.165) is 4.57 Å². The second kappa shape index (κ2) is 4.81. The Morgan fingerprint density at radius 2 is 1.95 bits per heavy atom. The predicted molar refractivity (Wildman–Crippen MR) is 79.9 cm³/mol. The highest BCUT2D eigenvalue weighted by atomic mass is 32.1. The number of fused-ring (bicyclic) bond motifs is 1. The molecule has 3 aromatic rings. The molecule has 0 radical (unpaired) electrons. The molecule has 0 aliphatic carbocycles. The van der Waals surface area contributed by atoms with Crippen molar-refractivity contribution in [1.29, 1.82) is 0 Å². The van der Waals surface area contributed by atoms with Crippen molar-refractivity contribution in [2.45, 2.75) is 6.54 Å². The molecule has 0 atom stereocenters. The molecule has 0 fully saturated rings. The predicted octanol–water partition coefficient (Wildman–Crippen LogP) is -0.0963. The number of thiophene rings is 1. The quantitative estimate of drug-likeness (QED) is 0.662. The molecule has 0 spiro atoms. The van der Waals surface area contributed by atoms with Crippen LogP contribution in [-0.4, -0.2) is 18.7 Å². The molecule has 0 aliphatic rings. The summed E-state index contributed by atoms with van der Waals surface area (Å²) in [4.78, 5) is 40.1. The number of rotatable bonds is 2. The van der Waals surface area contributed by atoms with E-state index in [4.69, 9.17) is 0 Å². The average Bonchev–Trinajstić information content (AvgIpc) is 2.94. The Kier molecular flexibility index (Phi) is 3.09. The second-order valence-corrected chi connectivity index (χ2v) is 5.60. The van der Waals surface area contributed by atoms with Crippen LogP contribution >= 0.6 is 11.3 Å². The molecule has 0 bridgehead atoms. The molecule has 3 aromatic heterocycles. The summed E-state index contributed by atoms with van der Waals surface area (Å²) >= 11 is 1.32. The standard InChI is InChI=1S/C13H12N4O3S/c1-15-8(5-10(18)16(2)13(15)20)6-17-7-14-9-3-4-21-11(9)12(17)19/h3-5,7H,6H2,1-2H3. The van der Waals surface area contributed by atoms with Gasteiger partial charge in [-0.2, -0.15) is 0 Å². The third kappa shape index (κ3) is 2.13. The summed E-state index contributed by atoms with van der Waals surface area (Å²) in [7, 11) is 2.99. The molecule has 0 saturated carbocycles. The summed E-state index contributed by atoms with van der Waals surface area (Å²) in [5.74, 6) is 0. The Bertz CT molecular complexity index is 1010. The number of hydrogen-bond donors (Lipinski definition) is 0. The van der Waals surface area contributed by atoms with Gasteiger partial charge in [0.15, 0.2) is 0 Å². The summed E-state index contributed by atoms with van der Waals surface area (Å²) in [5, 5.41) is 1.80. The fourth-order valence-corrected chi connectivity index (χ4v) is 2.89. The Balaban J connectivity index is 2.15. The van der Waals surface area contributed by atoms with Crippen LogP contribution in [0.25, 0.3) is 10.2 Å². The molecule has 0 aromatic carbocycles. The van der Waals surface area contributed by atoms with Gasteiger partial charge < -0.3 is 0 Å². The third-order valence-electron chi connectivity index (χ3n) is 3.39. The Labute approximate surface area is 122 Å². The van der Waals surface area contributed by atoms with Crippen molar-refractivity contribution in [3.63, 3.8) is 0 Å². The van der Waals surface area contributed by atoms with E-state index in [9.17, 15) is 14.4 Å². The SMILES string of the molecule is Cn1c(Cn2cnc3ccsc3c2=O)cc(=O)n(C)c1=O. The lowest BCUT2D eigenvalue weighted by molar-refractivity contribution is 0.616. The van der Waals surface area contributed by atoms with Crippen molar-refractivity contribution < 1.29 is 0 Å². The van der Waals surface area contributed by atoms with Gasteiger partial charge in [0, 0.05) is 25.9 Å². The molecule has 7 nitrogen and oxygen atoms in total. The van der Waals surface area contributed by atoms with Crippen LogP contribution in [0, 0.1) is 0 Å². The van der Waals surface area contributed by atoms with Crippen LogP contribution in [0.15, 0.2) is 38.2 Å². The van der Waals surface area contributed by atoms with E-state index in [1.165, 1.54) is 39.9 Å². The lowest BCUT2D eigenvalue weighted by Gasteiger charge is -2.10. The first-order chi connectivity index (χ1) is 9.99. The van der Waals surface area contributed by atoms with Gasteiger partial charge in [-0.3, -0.25) is 23.3 Å². The van der Waals surface area contributed by atoms with E-state index in [1.54, 1.807) is 18.5 Å². The molecule has 8 heteroatoms. The van der Waals surface area contributed by atoms with Crippen molar-refractivity contribution in [3.05, 3.63) is 60.7 Å². The first kappa shape index (κ1) is 13.5. The molecular weight excluding hydrogens is 292 g/mol. The molecule has 3 rings (SSSR count). The average molecular weight is 304 g/mol. The van der Waals surface area contributed by atoms with Crippen LogP contribution in [-0.2, 0) is 20.6 Å². The Morgan fingerprint density at radius 1 is 1.19 bits per heavy atom. The molecule has 21 heavy (non-hydrogen) atoms. The van der Waals surface area contributed by atoms with E-state index in [2.05, 4.69) is 4.98 Å². The van der Waals surface area contributed by atoms with Crippen molar-refractivity contribution in [3.8, 4) is 0 Å². The fourth-order valence-electron chi connectivity index (χ4n) is 2.10. The van der Waals surface area contributed by atoms with Gasteiger partial charge in [-0.1, -0.05) is 0 Å². The van der Waals surface area contributed by atoms with Crippen LogP contribution in [0.3, 0.4) is 0 Å². The minimum Gasteiger partial charge on any atom is -0.299 e. The smallest absolute Gasteiger partial charge is 0.299 e. The maximum absolute atomic E-state index is 12.3. The lowest BCUT2D eigenvalue weighted by atomic mass is 10.3. The molecule has 3 heterocycles. The molecule has 0 amide bonds. The van der Waals surface area contributed by atoms with Gasteiger partial charge in [0.05, 0.1) is 18.4 Å². The maximum Gasteiger partial charge on any atom is 0.330 e. The van der Waals surface area contributed by atoms with Crippen LogP contribution in [0.1, 0.15) is 5.69 Å². The second-order valence-electron chi connectivity index (χ2n) is 4.69. The van der Waals surface area contributed by atoms with Gasteiger partial charge in [0.1, 0.15) is 4.70 Å². The largest absolute Gasteiger partial charge is 0.330 e. The van der Waals surface area contributed by atoms with Crippen LogP contribution in [0.2, 0.25) is 0 Å². The molecule has 0 saturated heterocycles. The van der Waals surface area contributed by atoms with Crippen molar-refractivity contribution >= 4 is 21.6 Å². The number of nitrogens with zero attached hydrogens (tertiary/aromatic N) is 4. The topological polar surface area (TPSA) is 78.9 Å². The van der Waals surface area contributed by atoms with Crippen molar-refractivity contribution in [1.82, 2.24) is 18.7 Å². The van der Waals surface area contributed by atoms with Gasteiger partial charge in [0.25, 0.3) is 11.1 Å². The van der Waals surface area contributed by atoms with E-state index >= 15 is 0 Å². The lowest BCUT2D eigenvalue weighted by Crippen LogP contribution is -2.39. The first-order valence-electron chi connectivity index (χ1n) is 6.17. The molecular formula is C13H12N4O3S. The summed E-state index contributed by atoms with van der Waals surface area (Å²) in [6.45, 7) is 0.126. The highest BCUT2D eigenvalue weighted by Gasteiger charge is 2.10. The highest BCUT2D eigenvalue weighted by molar-refractivity contribution is 7.17. The van der Waals surface area contributed by atoms with Gasteiger partial charge in [0.2, 0.25) is 0 Å². The minimum absolute atomic E-state index is 0.126. The van der Waals surface area contributed by atoms with Crippen LogP contribution in [0.4, 0.5) is 0 Å². The summed E-state index contributed by atoms with van der Waals surface area (Å²) in [5.41, 5.74) is 0.118. The normalized spacial score (nSPS) is 11.1. The van der Waals surface area contributed by atoms with E-state index in [0.29, 0.717) is 15.9 Å². The maximum atomic E-state index is 12.3. The van der Waals surface area contributed by atoms with Crippen LogP contribution in [0.5, 0.6) is 0 Å². The molecule has 0 N–H and O–H groups in total. The zero-order chi connectivity index (χ0) is 15.1. The van der Waals surface area contributed by atoms with Crippen molar-refractivity contribution in [2.24, 2.45) is 14.1 Å². The van der Waals surface area contributed by atoms with Gasteiger partial charge >= 0.3 is 5.69 Å². The summed E-state index contributed by atoms with van der Waals surface area (Å²) in [6, 6.07) is 3.13. The zero-order valence-corrected chi connectivity index (χ0v) is 12.3. The van der Waals surface area contributed by atoms with E-state index in [-0.39, 0.29) is 12.1 Å². The van der Waals surface area contributed by atoms with Crippen molar-refractivity contribution in [2.75, 3.05) is 0 Å². The first-order valence-corrected chi connectivity index (χ1v) is 7.05. The minimum atomic E-state index is -0.421. The monoisotopic (exact) mass is 304 g/mol. The Morgan fingerprint density at radius 3 is 2.71 bits per heavy atom. The van der Waals surface area contributed by atoms with E-state index in [1.807, 2.05) is 0 Å². The molecule has 0 aliphatic heterocycles. The highest BCUT2D eigenvalue weighted by Crippen LogP contribution is 2.13. The number of aromatic nitrogens is 4. The molecule has 108 valence electrons. The Hall–Kier alpha value is -2.48. The van der Waals surface area contributed by atoms with Gasteiger partial charge in [-0.05, 0) is 11.4 Å². The zero-order valence-electron chi connectivity index (χ0n) is 11.4. The third-order valence-corrected chi connectivity index (χ3v) is 4.29. The summed E-state index contributed by atoms with van der Waals surface area (Å²) < 4.78 is 4.33. The number of hydrogen-bond acceptors (Lipinski definition) is 5. The van der Waals surface area contributed by atoms with Crippen LogP contribution < -0.4 is 16.8 Å². The van der Waals surface area contributed by atoms with E-state index < -0.39 is 11.2 Å². The molecule has 0 unspecified atom stereocenters. The van der Waals surface area contributed by atoms with Gasteiger partial charge in [-0.15, -0.1) is 11.3 Å². The fraction of sp³-hybridized carbons (Fsp3) is 0.231.